The first-order valence-electron chi connectivity index (χ1n) is 8.77. The van der Waals surface area contributed by atoms with Crippen molar-refractivity contribution in [3.05, 3.63) is 63.4 Å². The van der Waals surface area contributed by atoms with Crippen molar-refractivity contribution in [1.29, 1.82) is 0 Å². The Morgan fingerprint density at radius 1 is 1.22 bits per heavy atom. The third-order valence-electron chi connectivity index (χ3n) is 4.45. The molecule has 7 heteroatoms. The van der Waals surface area contributed by atoms with Crippen molar-refractivity contribution in [3.63, 3.8) is 0 Å². The molecule has 0 radical (unpaired) electrons. The molecule has 1 amide bonds. The quantitative estimate of drug-likeness (QED) is 0.461. The minimum Gasteiger partial charge on any atom is -0.325 e. The van der Waals surface area contributed by atoms with Crippen LogP contribution in [0.4, 0.5) is 5.69 Å². The van der Waals surface area contributed by atoms with Crippen LogP contribution >= 0.6 is 27.7 Å². The van der Waals surface area contributed by atoms with Gasteiger partial charge < -0.3 is 5.32 Å². The van der Waals surface area contributed by atoms with E-state index in [9.17, 15) is 9.59 Å². The van der Waals surface area contributed by atoms with Crippen LogP contribution in [0.2, 0.25) is 0 Å². The van der Waals surface area contributed by atoms with E-state index >= 15 is 0 Å². The van der Waals surface area contributed by atoms with Gasteiger partial charge in [-0.1, -0.05) is 39.8 Å². The van der Waals surface area contributed by atoms with Gasteiger partial charge in [0.15, 0.2) is 5.16 Å². The molecule has 4 rings (SSSR count). The summed E-state index contributed by atoms with van der Waals surface area (Å²) in [6.45, 7) is 1.83. The highest BCUT2D eigenvalue weighted by molar-refractivity contribution is 9.10. The van der Waals surface area contributed by atoms with Crippen LogP contribution < -0.4 is 10.9 Å². The highest BCUT2D eigenvalue weighted by atomic mass is 79.9. The Labute approximate surface area is 169 Å². The van der Waals surface area contributed by atoms with E-state index in [0.717, 1.165) is 23.0 Å². The molecule has 0 spiro atoms. The zero-order chi connectivity index (χ0) is 19.0. The van der Waals surface area contributed by atoms with Crippen LogP contribution in [0.3, 0.4) is 0 Å². The summed E-state index contributed by atoms with van der Waals surface area (Å²) < 4.78 is 2.72. The molecular formula is C20H18BrN3O2S. The molecule has 1 heterocycles. The first-order chi connectivity index (χ1) is 13.0. The molecular weight excluding hydrogens is 426 g/mol. The van der Waals surface area contributed by atoms with Crippen molar-refractivity contribution >= 4 is 50.2 Å². The molecule has 1 unspecified atom stereocenters. The SMILES string of the molecule is CC(Sc1nc2ccccc2c(=O)n1C1CC1)C(=O)Nc1ccc(Br)cc1. The molecule has 0 aliphatic heterocycles. The molecule has 1 aliphatic carbocycles. The number of hydrogen-bond donors (Lipinski definition) is 1. The standard InChI is InChI=1S/C20H18BrN3O2S/c1-12(18(25)22-14-8-6-13(21)7-9-14)27-20-23-17-5-3-2-4-16(17)19(26)24(20)15-10-11-15/h2-9,12,15H,10-11H2,1H3,(H,22,25). The van der Waals surface area contributed by atoms with Crippen molar-refractivity contribution < 1.29 is 4.79 Å². The lowest BCUT2D eigenvalue weighted by Gasteiger charge is -2.16. The summed E-state index contributed by atoms with van der Waals surface area (Å²) in [5.41, 5.74) is 1.38. The summed E-state index contributed by atoms with van der Waals surface area (Å²) in [5.74, 6) is -0.118. The molecule has 0 saturated heterocycles. The maximum absolute atomic E-state index is 12.9. The third-order valence-corrected chi connectivity index (χ3v) is 6.05. The van der Waals surface area contributed by atoms with Crippen LogP contribution in [0.15, 0.2) is 63.0 Å². The number of carbonyl (C=O) groups excluding carboxylic acids is 1. The van der Waals surface area contributed by atoms with E-state index in [1.54, 1.807) is 4.57 Å². The lowest BCUT2D eigenvalue weighted by atomic mass is 10.2. The number of carbonyl (C=O) groups is 1. The fourth-order valence-electron chi connectivity index (χ4n) is 2.85. The monoisotopic (exact) mass is 443 g/mol. The molecule has 1 aromatic heterocycles. The first kappa shape index (κ1) is 18.3. The van der Waals surface area contributed by atoms with Gasteiger partial charge in [0.05, 0.1) is 16.2 Å². The predicted octanol–water partition coefficient (Wildman–Crippen LogP) is 4.61. The van der Waals surface area contributed by atoms with Crippen molar-refractivity contribution in [2.24, 2.45) is 0 Å². The molecule has 1 N–H and O–H groups in total. The van der Waals surface area contributed by atoms with Crippen molar-refractivity contribution in [2.45, 2.75) is 36.2 Å². The summed E-state index contributed by atoms with van der Waals surface area (Å²) in [5, 5.41) is 3.76. The van der Waals surface area contributed by atoms with Crippen LogP contribution in [0, 0.1) is 0 Å². The molecule has 1 atom stereocenters. The van der Waals surface area contributed by atoms with Gasteiger partial charge >= 0.3 is 0 Å². The van der Waals surface area contributed by atoms with Gasteiger partial charge in [0.25, 0.3) is 5.56 Å². The summed E-state index contributed by atoms with van der Waals surface area (Å²) in [7, 11) is 0. The highest BCUT2D eigenvalue weighted by Crippen LogP contribution is 2.37. The number of halogens is 1. The molecule has 3 aromatic rings. The van der Waals surface area contributed by atoms with E-state index in [0.29, 0.717) is 16.1 Å². The Morgan fingerprint density at radius 2 is 1.93 bits per heavy atom. The fourth-order valence-corrected chi connectivity index (χ4v) is 4.10. The number of aromatic nitrogens is 2. The number of hydrogen-bond acceptors (Lipinski definition) is 4. The van der Waals surface area contributed by atoms with E-state index in [2.05, 4.69) is 26.2 Å². The second-order valence-corrected chi connectivity index (χ2v) is 8.80. The zero-order valence-electron chi connectivity index (χ0n) is 14.7. The zero-order valence-corrected chi connectivity index (χ0v) is 17.1. The van der Waals surface area contributed by atoms with Crippen LogP contribution in [-0.4, -0.2) is 20.7 Å². The maximum atomic E-state index is 12.9. The van der Waals surface area contributed by atoms with Gasteiger partial charge in [0.1, 0.15) is 0 Å². The molecule has 2 aromatic carbocycles. The molecule has 1 aliphatic rings. The topological polar surface area (TPSA) is 64.0 Å². The smallest absolute Gasteiger partial charge is 0.262 e. The second-order valence-electron chi connectivity index (χ2n) is 6.57. The van der Waals surface area contributed by atoms with Crippen LogP contribution in [0.1, 0.15) is 25.8 Å². The Morgan fingerprint density at radius 3 is 2.63 bits per heavy atom. The minimum atomic E-state index is -0.383. The molecule has 1 saturated carbocycles. The van der Waals surface area contributed by atoms with E-state index in [4.69, 9.17) is 0 Å². The average Bonchev–Trinajstić information content (AvgIpc) is 3.48. The average molecular weight is 444 g/mol. The normalized spacial score (nSPS) is 14.9. The molecule has 27 heavy (non-hydrogen) atoms. The number of rotatable bonds is 5. The largest absolute Gasteiger partial charge is 0.325 e. The number of para-hydroxylation sites is 1. The lowest BCUT2D eigenvalue weighted by molar-refractivity contribution is -0.115. The molecule has 5 nitrogen and oxygen atoms in total. The molecule has 0 bridgehead atoms. The fraction of sp³-hybridized carbons (Fsp3) is 0.250. The van der Waals surface area contributed by atoms with Crippen LogP contribution in [0.5, 0.6) is 0 Å². The van der Waals surface area contributed by atoms with E-state index in [-0.39, 0.29) is 22.8 Å². The van der Waals surface area contributed by atoms with E-state index in [1.807, 2.05) is 55.5 Å². The van der Waals surface area contributed by atoms with Gasteiger partial charge in [0.2, 0.25) is 5.91 Å². The Bertz CT molecular complexity index is 1060. The third kappa shape index (κ3) is 3.94. The summed E-state index contributed by atoms with van der Waals surface area (Å²) >= 11 is 4.71. The van der Waals surface area contributed by atoms with E-state index < -0.39 is 0 Å². The molecule has 138 valence electrons. The predicted molar refractivity (Wildman–Crippen MR) is 112 cm³/mol. The number of nitrogens with zero attached hydrogens (tertiary/aromatic N) is 2. The summed E-state index contributed by atoms with van der Waals surface area (Å²) in [4.78, 5) is 30.2. The van der Waals surface area contributed by atoms with Crippen LogP contribution in [0.25, 0.3) is 10.9 Å². The summed E-state index contributed by atoms with van der Waals surface area (Å²) in [6.07, 6.45) is 1.96. The van der Waals surface area contributed by atoms with Gasteiger partial charge in [0, 0.05) is 16.2 Å². The van der Waals surface area contributed by atoms with Gasteiger partial charge in [-0.15, -0.1) is 0 Å². The van der Waals surface area contributed by atoms with Gasteiger partial charge in [-0.3, -0.25) is 14.2 Å². The first-order valence-corrected chi connectivity index (χ1v) is 10.4. The van der Waals surface area contributed by atoms with E-state index in [1.165, 1.54) is 11.8 Å². The number of anilines is 1. The second kappa shape index (κ2) is 7.48. The van der Waals surface area contributed by atoms with Crippen molar-refractivity contribution in [1.82, 2.24) is 9.55 Å². The minimum absolute atomic E-state index is 0.0221. The highest BCUT2D eigenvalue weighted by Gasteiger charge is 2.30. The number of fused-ring (bicyclic) bond motifs is 1. The number of thioether (sulfide) groups is 1. The van der Waals surface area contributed by atoms with Gasteiger partial charge in [-0.05, 0) is 56.2 Å². The summed E-state index contributed by atoms with van der Waals surface area (Å²) in [6, 6.07) is 15.0. The van der Waals surface area contributed by atoms with Crippen molar-refractivity contribution in [3.8, 4) is 0 Å². The maximum Gasteiger partial charge on any atom is 0.262 e. The Balaban J connectivity index is 1.60. The van der Waals surface area contributed by atoms with Gasteiger partial charge in [-0.2, -0.15) is 0 Å². The van der Waals surface area contributed by atoms with Gasteiger partial charge in [-0.25, -0.2) is 4.98 Å². The van der Waals surface area contributed by atoms with Crippen molar-refractivity contribution in [2.75, 3.05) is 5.32 Å². The number of nitrogens with one attached hydrogen (secondary N) is 1. The Hall–Kier alpha value is -2.12. The number of benzene rings is 2. The lowest BCUT2D eigenvalue weighted by Crippen LogP contribution is -2.26. The van der Waals surface area contributed by atoms with Crippen LogP contribution in [-0.2, 0) is 4.79 Å². The number of amides is 1. The molecule has 1 fully saturated rings. The Kier molecular flexibility index (Phi) is 5.06.